The maximum absolute atomic E-state index is 11.1. The highest BCUT2D eigenvalue weighted by Crippen LogP contribution is 2.26. The number of esters is 1. The highest BCUT2D eigenvalue weighted by atomic mass is 16.6. The summed E-state index contributed by atoms with van der Waals surface area (Å²) >= 11 is 0. The highest BCUT2D eigenvalue weighted by molar-refractivity contribution is 5.86. The van der Waals surface area contributed by atoms with Crippen molar-refractivity contribution in [3.05, 3.63) is 58.8 Å². The van der Waals surface area contributed by atoms with E-state index in [0.29, 0.717) is 17.0 Å². The molecule has 2 aromatic carbocycles. The van der Waals surface area contributed by atoms with Crippen molar-refractivity contribution in [3.63, 3.8) is 0 Å². The normalized spacial score (nSPS) is 10.6. The zero-order valence-electron chi connectivity index (χ0n) is 11.6. The van der Waals surface area contributed by atoms with Crippen LogP contribution in [-0.2, 0) is 4.79 Å². The zero-order chi connectivity index (χ0) is 15.7. The molecule has 0 fully saturated rings. The van der Waals surface area contributed by atoms with E-state index in [1.807, 2.05) is 6.07 Å². The van der Waals surface area contributed by atoms with E-state index < -0.39 is 10.9 Å². The van der Waals surface area contributed by atoms with E-state index in [1.165, 1.54) is 19.1 Å². The third-order valence-corrected chi connectivity index (χ3v) is 3.08. The van der Waals surface area contributed by atoms with Crippen molar-refractivity contribution in [3.8, 4) is 11.4 Å². The number of non-ortho nitro benzene ring substituents is 1. The Hall–Kier alpha value is -3.22. The smallest absolute Gasteiger partial charge is 0.308 e. The minimum atomic E-state index is -0.456. The summed E-state index contributed by atoms with van der Waals surface area (Å²) in [6.45, 7) is 1.33. The number of carbonyl (C=O) groups excluding carboxylic acids is 1. The average Bonchev–Trinajstić information content (AvgIpc) is 2.92. The van der Waals surface area contributed by atoms with Crippen molar-refractivity contribution in [1.29, 1.82) is 0 Å². The molecule has 0 saturated heterocycles. The number of hydrogen-bond donors (Lipinski definition) is 0. The van der Waals surface area contributed by atoms with Crippen molar-refractivity contribution < 1.29 is 14.5 Å². The molecule has 0 unspecified atom stereocenters. The van der Waals surface area contributed by atoms with Gasteiger partial charge in [0.15, 0.2) is 5.75 Å². The van der Waals surface area contributed by atoms with Crippen LogP contribution in [0.4, 0.5) is 5.69 Å². The molecule has 0 amide bonds. The van der Waals surface area contributed by atoms with Crippen LogP contribution in [0, 0.1) is 10.1 Å². The van der Waals surface area contributed by atoms with Gasteiger partial charge in [0.05, 0.1) is 10.6 Å². The first-order chi connectivity index (χ1) is 10.5. The van der Waals surface area contributed by atoms with Crippen LogP contribution < -0.4 is 4.74 Å². The molecule has 0 saturated carbocycles. The minimum Gasteiger partial charge on any atom is -0.424 e. The molecule has 3 rings (SSSR count). The predicted octanol–water partition coefficient (Wildman–Crippen LogP) is 2.86. The minimum absolute atomic E-state index is 0.0149. The van der Waals surface area contributed by atoms with E-state index in [9.17, 15) is 14.9 Å². The van der Waals surface area contributed by atoms with Gasteiger partial charge in [-0.05, 0) is 18.2 Å². The molecule has 7 nitrogen and oxygen atoms in total. The van der Waals surface area contributed by atoms with Crippen LogP contribution in [0.15, 0.2) is 48.7 Å². The van der Waals surface area contributed by atoms with Crippen LogP contribution in [-0.4, -0.2) is 20.7 Å². The lowest BCUT2D eigenvalue weighted by Gasteiger charge is -2.01. The number of carbonyl (C=O) groups is 1. The molecule has 110 valence electrons. The maximum Gasteiger partial charge on any atom is 0.308 e. The number of benzene rings is 2. The summed E-state index contributed by atoms with van der Waals surface area (Å²) in [6.07, 6.45) is 1.77. The van der Waals surface area contributed by atoms with Gasteiger partial charge in [0.2, 0.25) is 0 Å². The Labute approximate surface area is 124 Å². The molecule has 0 bridgehead atoms. The second-order valence-electron chi connectivity index (χ2n) is 4.63. The summed E-state index contributed by atoms with van der Waals surface area (Å²) in [5.41, 5.74) is 1.24. The second kappa shape index (κ2) is 5.28. The van der Waals surface area contributed by atoms with Gasteiger partial charge < -0.3 is 4.74 Å². The van der Waals surface area contributed by atoms with Crippen LogP contribution in [0.5, 0.6) is 5.75 Å². The summed E-state index contributed by atoms with van der Waals surface area (Å²) in [5.74, 6) is -0.0388. The third-order valence-electron chi connectivity index (χ3n) is 3.08. The Morgan fingerprint density at radius 1 is 1.23 bits per heavy atom. The van der Waals surface area contributed by atoms with Crippen molar-refractivity contribution in [2.75, 3.05) is 0 Å². The molecule has 3 aromatic rings. The van der Waals surface area contributed by atoms with Crippen molar-refractivity contribution in [1.82, 2.24) is 9.78 Å². The molecule has 0 aliphatic heterocycles. The van der Waals surface area contributed by atoms with Crippen LogP contribution in [0.1, 0.15) is 6.92 Å². The molecule has 0 aliphatic rings. The average molecular weight is 297 g/mol. The summed E-state index contributed by atoms with van der Waals surface area (Å²) in [6, 6.07) is 11.3. The Bertz CT molecular complexity index is 868. The lowest BCUT2D eigenvalue weighted by molar-refractivity contribution is -0.384. The summed E-state index contributed by atoms with van der Waals surface area (Å²) in [5, 5.41) is 15.9. The molecule has 22 heavy (non-hydrogen) atoms. The number of aromatic nitrogens is 2. The summed E-state index contributed by atoms with van der Waals surface area (Å²) in [4.78, 5) is 21.3. The Morgan fingerprint density at radius 3 is 2.59 bits per heavy atom. The van der Waals surface area contributed by atoms with Gasteiger partial charge in [-0.1, -0.05) is 12.1 Å². The lowest BCUT2D eigenvalue weighted by atomic mass is 10.2. The van der Waals surface area contributed by atoms with Gasteiger partial charge >= 0.3 is 5.97 Å². The van der Waals surface area contributed by atoms with E-state index >= 15 is 0 Å². The Balaban J connectivity index is 2.04. The van der Waals surface area contributed by atoms with Gasteiger partial charge in [-0.2, -0.15) is 5.10 Å². The Kier molecular flexibility index (Phi) is 3.30. The first-order valence-corrected chi connectivity index (χ1v) is 6.46. The molecular weight excluding hydrogens is 286 g/mol. The standard InChI is InChI=1S/C15H11N3O4/c1-10(19)22-14-4-2-3-11-9-17(16-15(11)14)12-5-7-13(8-6-12)18(20)21/h2-9H,1H3. The van der Waals surface area contributed by atoms with E-state index in [0.717, 1.165) is 5.39 Å². The van der Waals surface area contributed by atoms with Gasteiger partial charge in [-0.3, -0.25) is 14.9 Å². The van der Waals surface area contributed by atoms with E-state index in [-0.39, 0.29) is 5.69 Å². The molecule has 0 spiro atoms. The fraction of sp³-hybridized carbons (Fsp3) is 0.0667. The van der Waals surface area contributed by atoms with Crippen LogP contribution in [0.3, 0.4) is 0 Å². The van der Waals surface area contributed by atoms with Gasteiger partial charge in [0.1, 0.15) is 5.52 Å². The molecule has 0 aliphatic carbocycles. The van der Waals surface area contributed by atoms with Crippen LogP contribution >= 0.6 is 0 Å². The fourth-order valence-corrected chi connectivity index (χ4v) is 2.12. The number of nitro groups is 1. The van der Waals surface area contributed by atoms with E-state index in [4.69, 9.17) is 4.74 Å². The van der Waals surface area contributed by atoms with E-state index in [2.05, 4.69) is 5.10 Å². The number of rotatable bonds is 3. The molecule has 1 aromatic heterocycles. The quantitative estimate of drug-likeness (QED) is 0.321. The van der Waals surface area contributed by atoms with Gasteiger partial charge in [-0.15, -0.1) is 0 Å². The topological polar surface area (TPSA) is 87.3 Å². The van der Waals surface area contributed by atoms with Crippen molar-refractivity contribution in [2.45, 2.75) is 6.92 Å². The number of nitrogens with zero attached hydrogens (tertiary/aromatic N) is 3. The first kappa shape index (κ1) is 13.7. The van der Waals surface area contributed by atoms with Gasteiger partial charge in [0, 0.05) is 30.6 Å². The largest absolute Gasteiger partial charge is 0.424 e. The van der Waals surface area contributed by atoms with Crippen molar-refractivity contribution in [2.24, 2.45) is 0 Å². The SMILES string of the molecule is CC(=O)Oc1cccc2cn(-c3ccc([N+](=O)[O-])cc3)nc12. The third kappa shape index (κ3) is 2.51. The summed E-state index contributed by atoms with van der Waals surface area (Å²) < 4.78 is 6.71. The van der Waals surface area contributed by atoms with E-state index in [1.54, 1.807) is 35.1 Å². The molecule has 7 heteroatoms. The van der Waals surface area contributed by atoms with Crippen LogP contribution in [0.25, 0.3) is 16.6 Å². The predicted molar refractivity (Wildman–Crippen MR) is 79.0 cm³/mol. The van der Waals surface area contributed by atoms with Gasteiger partial charge in [0.25, 0.3) is 5.69 Å². The lowest BCUT2D eigenvalue weighted by Crippen LogP contribution is -2.02. The zero-order valence-corrected chi connectivity index (χ0v) is 11.6. The molecular formula is C15H11N3O4. The Morgan fingerprint density at radius 2 is 1.95 bits per heavy atom. The molecule has 0 radical (unpaired) electrons. The number of hydrogen-bond acceptors (Lipinski definition) is 5. The molecule has 0 N–H and O–H groups in total. The van der Waals surface area contributed by atoms with Crippen molar-refractivity contribution >= 4 is 22.6 Å². The monoisotopic (exact) mass is 297 g/mol. The van der Waals surface area contributed by atoms with Gasteiger partial charge in [-0.25, -0.2) is 4.68 Å². The van der Waals surface area contributed by atoms with Crippen LogP contribution in [0.2, 0.25) is 0 Å². The molecule has 0 atom stereocenters. The number of nitro benzene ring substituents is 1. The fourth-order valence-electron chi connectivity index (χ4n) is 2.12. The maximum atomic E-state index is 11.1. The summed E-state index contributed by atoms with van der Waals surface area (Å²) in [7, 11) is 0. The number of fused-ring (bicyclic) bond motifs is 1. The first-order valence-electron chi connectivity index (χ1n) is 6.46. The highest BCUT2D eigenvalue weighted by Gasteiger charge is 2.11. The molecule has 1 heterocycles. The number of ether oxygens (including phenoxy) is 1. The second-order valence-corrected chi connectivity index (χ2v) is 4.63.